The van der Waals surface area contributed by atoms with Crippen LogP contribution in [0.25, 0.3) is 0 Å². The van der Waals surface area contributed by atoms with Crippen LogP contribution in [0.4, 0.5) is 8.78 Å². The third-order valence-corrected chi connectivity index (χ3v) is 8.65. The molecule has 0 spiro atoms. The second kappa shape index (κ2) is 11.0. The van der Waals surface area contributed by atoms with Crippen molar-refractivity contribution in [3.8, 4) is 11.5 Å². The Kier molecular flexibility index (Phi) is 8.08. The number of esters is 1. The highest BCUT2D eigenvalue weighted by molar-refractivity contribution is 5.75. The van der Waals surface area contributed by atoms with Crippen molar-refractivity contribution >= 4 is 5.97 Å². The van der Waals surface area contributed by atoms with Crippen molar-refractivity contribution in [2.75, 3.05) is 6.61 Å². The summed E-state index contributed by atoms with van der Waals surface area (Å²) in [6.45, 7) is 5.80. The zero-order valence-electron chi connectivity index (χ0n) is 19.9. The Bertz CT molecular complexity index is 807. The number of ether oxygens (including phenoxy) is 2. The minimum absolute atomic E-state index is 0.00211. The van der Waals surface area contributed by atoms with Gasteiger partial charge in [-0.3, -0.25) is 4.79 Å². The van der Waals surface area contributed by atoms with Crippen molar-refractivity contribution in [3.05, 3.63) is 36.4 Å². The van der Waals surface area contributed by atoms with E-state index in [-0.39, 0.29) is 24.2 Å². The first kappa shape index (κ1) is 24.2. The summed E-state index contributed by atoms with van der Waals surface area (Å²) in [6.07, 6.45) is 14.8. The van der Waals surface area contributed by atoms with Gasteiger partial charge < -0.3 is 9.47 Å². The van der Waals surface area contributed by atoms with Gasteiger partial charge in [0.25, 0.3) is 0 Å². The van der Waals surface area contributed by atoms with Crippen LogP contribution in [-0.4, -0.2) is 12.6 Å². The maximum absolute atomic E-state index is 14.2. The van der Waals surface area contributed by atoms with Gasteiger partial charge in [0.15, 0.2) is 17.4 Å². The zero-order chi connectivity index (χ0) is 23.4. The van der Waals surface area contributed by atoms with Crippen LogP contribution in [0.3, 0.4) is 0 Å². The summed E-state index contributed by atoms with van der Waals surface area (Å²) in [5.41, 5.74) is 0. The molecule has 4 unspecified atom stereocenters. The summed E-state index contributed by atoms with van der Waals surface area (Å²) in [6, 6.07) is 2.02. The van der Waals surface area contributed by atoms with Crippen LogP contribution in [0.15, 0.2) is 24.8 Å². The highest BCUT2D eigenvalue weighted by atomic mass is 19.1. The molecule has 5 heteroatoms. The second-order valence-corrected chi connectivity index (χ2v) is 10.5. The smallest absolute Gasteiger partial charge is 0.314 e. The van der Waals surface area contributed by atoms with E-state index < -0.39 is 17.4 Å². The fourth-order valence-electron chi connectivity index (χ4n) is 6.72. The summed E-state index contributed by atoms with van der Waals surface area (Å²) in [5.74, 6) is 1.38. The Balaban J connectivity index is 1.26. The van der Waals surface area contributed by atoms with E-state index in [9.17, 15) is 13.6 Å². The van der Waals surface area contributed by atoms with Gasteiger partial charge in [0.2, 0.25) is 0 Å². The number of carbonyl (C=O) groups excluding carboxylic acids is 1. The Labute approximate surface area is 196 Å². The van der Waals surface area contributed by atoms with E-state index in [4.69, 9.17) is 9.47 Å². The summed E-state index contributed by atoms with van der Waals surface area (Å²) in [5, 5.41) is 0. The van der Waals surface area contributed by atoms with Gasteiger partial charge in [-0.15, -0.1) is 0 Å². The molecular weight excluding hydrogens is 422 g/mol. The monoisotopic (exact) mass is 460 g/mol. The molecule has 4 atom stereocenters. The lowest BCUT2D eigenvalue weighted by Crippen LogP contribution is -2.35. The van der Waals surface area contributed by atoms with E-state index in [1.807, 2.05) is 0 Å². The summed E-state index contributed by atoms with van der Waals surface area (Å²) >= 11 is 0. The highest BCUT2D eigenvalue weighted by Gasteiger charge is 2.39. The number of halogens is 2. The minimum atomic E-state index is -0.882. The molecule has 0 aliphatic heterocycles. The predicted molar refractivity (Wildman–Crippen MR) is 125 cm³/mol. The Morgan fingerprint density at radius 3 is 2.15 bits per heavy atom. The van der Waals surface area contributed by atoms with Crippen LogP contribution < -0.4 is 9.47 Å². The van der Waals surface area contributed by atoms with Gasteiger partial charge in [0.05, 0.1) is 5.92 Å². The highest BCUT2D eigenvalue weighted by Crippen LogP contribution is 2.49. The van der Waals surface area contributed by atoms with Crippen LogP contribution in [0.1, 0.15) is 77.6 Å². The van der Waals surface area contributed by atoms with Gasteiger partial charge in [-0.25, -0.2) is 8.78 Å². The van der Waals surface area contributed by atoms with Gasteiger partial charge >= 0.3 is 5.97 Å². The molecule has 33 heavy (non-hydrogen) atoms. The fraction of sp³-hybridized carbons (Fsp3) is 0.679. The molecule has 3 aliphatic rings. The van der Waals surface area contributed by atoms with Crippen LogP contribution in [-0.2, 0) is 4.79 Å². The minimum Gasteiger partial charge on any atom is -0.483 e. The predicted octanol–water partition coefficient (Wildman–Crippen LogP) is 7.48. The molecule has 0 aromatic heterocycles. The molecule has 3 aliphatic carbocycles. The van der Waals surface area contributed by atoms with E-state index in [2.05, 4.69) is 13.5 Å². The molecule has 3 fully saturated rings. The molecular formula is C28H38F2O3. The number of benzene rings is 1. The Morgan fingerprint density at radius 2 is 1.52 bits per heavy atom. The van der Waals surface area contributed by atoms with Gasteiger partial charge in [-0.05, 0) is 87.4 Å². The van der Waals surface area contributed by atoms with Crippen LogP contribution in [0.5, 0.6) is 11.5 Å². The summed E-state index contributed by atoms with van der Waals surface area (Å²) < 4.78 is 38.7. The molecule has 0 heterocycles. The maximum Gasteiger partial charge on any atom is 0.314 e. The average molecular weight is 461 g/mol. The quantitative estimate of drug-likeness (QED) is 0.240. The van der Waals surface area contributed by atoms with Crippen molar-refractivity contribution < 1.29 is 23.0 Å². The maximum atomic E-state index is 14.2. The first-order chi connectivity index (χ1) is 16.0. The third kappa shape index (κ3) is 5.78. The van der Waals surface area contributed by atoms with E-state index in [0.717, 1.165) is 61.5 Å². The second-order valence-electron chi connectivity index (χ2n) is 10.5. The lowest BCUT2D eigenvalue weighted by atomic mass is 9.61. The van der Waals surface area contributed by atoms with Crippen molar-refractivity contribution in [1.82, 2.24) is 0 Å². The SMILES string of the molecule is C=CCOc1c(F)cc(OC(=O)C2CCC(C3CCC4CC(CC)CCC4C3)CC2)cc1F. The number of carbonyl (C=O) groups is 1. The molecule has 3 nitrogen and oxygen atoms in total. The van der Waals surface area contributed by atoms with Crippen molar-refractivity contribution in [3.63, 3.8) is 0 Å². The van der Waals surface area contributed by atoms with E-state index in [1.165, 1.54) is 51.0 Å². The molecule has 0 saturated heterocycles. The fourth-order valence-corrected chi connectivity index (χ4v) is 6.72. The van der Waals surface area contributed by atoms with Gasteiger partial charge in [0, 0.05) is 12.1 Å². The lowest BCUT2D eigenvalue weighted by Gasteiger charge is -2.45. The molecule has 0 radical (unpaired) electrons. The summed E-state index contributed by atoms with van der Waals surface area (Å²) in [4.78, 5) is 12.7. The topological polar surface area (TPSA) is 35.5 Å². The molecule has 3 saturated carbocycles. The molecule has 0 bridgehead atoms. The van der Waals surface area contributed by atoms with Crippen LogP contribution >= 0.6 is 0 Å². The molecule has 0 amide bonds. The molecule has 4 rings (SSSR count). The van der Waals surface area contributed by atoms with E-state index in [0.29, 0.717) is 5.92 Å². The Hall–Kier alpha value is -1.91. The van der Waals surface area contributed by atoms with Gasteiger partial charge in [-0.1, -0.05) is 32.4 Å². The normalized spacial score (nSPS) is 32.0. The van der Waals surface area contributed by atoms with Crippen LogP contribution in [0, 0.1) is 47.1 Å². The lowest BCUT2D eigenvalue weighted by molar-refractivity contribution is -0.140. The number of hydrogen-bond donors (Lipinski definition) is 0. The number of fused-ring (bicyclic) bond motifs is 1. The summed E-state index contributed by atoms with van der Waals surface area (Å²) in [7, 11) is 0. The zero-order valence-corrected chi connectivity index (χ0v) is 19.9. The van der Waals surface area contributed by atoms with Gasteiger partial charge in [-0.2, -0.15) is 0 Å². The van der Waals surface area contributed by atoms with Crippen molar-refractivity contribution in [2.24, 2.45) is 35.5 Å². The Morgan fingerprint density at radius 1 is 0.939 bits per heavy atom. The van der Waals surface area contributed by atoms with Gasteiger partial charge in [0.1, 0.15) is 12.4 Å². The number of rotatable bonds is 7. The van der Waals surface area contributed by atoms with Crippen molar-refractivity contribution in [1.29, 1.82) is 0 Å². The first-order valence-corrected chi connectivity index (χ1v) is 12.9. The molecule has 182 valence electrons. The molecule has 1 aromatic rings. The van der Waals surface area contributed by atoms with E-state index >= 15 is 0 Å². The third-order valence-electron chi connectivity index (χ3n) is 8.65. The molecule has 0 N–H and O–H groups in total. The first-order valence-electron chi connectivity index (χ1n) is 12.9. The van der Waals surface area contributed by atoms with E-state index in [1.54, 1.807) is 0 Å². The average Bonchev–Trinajstić information content (AvgIpc) is 2.83. The largest absolute Gasteiger partial charge is 0.483 e. The number of hydrogen-bond acceptors (Lipinski definition) is 3. The standard InChI is InChI=1S/C28H38F2O3/c1-3-13-32-27-25(29)16-24(17-26(27)30)33-28(31)20-9-7-19(8-10-20)22-12-11-21-14-18(4-2)5-6-23(21)15-22/h3,16-23H,1,4-15H2,2H3. The van der Waals surface area contributed by atoms with Crippen LogP contribution in [0.2, 0.25) is 0 Å². The van der Waals surface area contributed by atoms with Crippen molar-refractivity contribution in [2.45, 2.75) is 77.6 Å². The molecule has 1 aromatic carbocycles.